The number of carbonyl (C=O) groups is 2. The molecule has 1 amide bonds. The van der Waals surface area contributed by atoms with Crippen LogP contribution < -0.4 is 10.9 Å². The van der Waals surface area contributed by atoms with E-state index >= 15 is 0 Å². The molecule has 0 spiro atoms. The lowest BCUT2D eigenvalue weighted by atomic mass is 10.2. The lowest BCUT2D eigenvalue weighted by molar-refractivity contribution is -0.142. The summed E-state index contributed by atoms with van der Waals surface area (Å²) in [7, 11) is 1.21. The number of hydrogen-bond donors (Lipinski definition) is 2. The van der Waals surface area contributed by atoms with E-state index in [1.54, 1.807) is 13.0 Å². The van der Waals surface area contributed by atoms with E-state index in [1.807, 2.05) is 6.92 Å². The molecule has 0 fully saturated rings. The van der Waals surface area contributed by atoms with E-state index in [0.717, 1.165) is 6.42 Å². The number of methoxy groups -OCH3 is 1. The van der Waals surface area contributed by atoms with Gasteiger partial charge in [0.05, 0.1) is 12.8 Å². The number of amides is 1. The predicted octanol–water partition coefficient (Wildman–Crippen LogP) is 0.718. The van der Waals surface area contributed by atoms with E-state index < -0.39 is 18.3 Å². The molecule has 2 aromatic heterocycles. The van der Waals surface area contributed by atoms with Gasteiger partial charge >= 0.3 is 5.97 Å². The molecule has 9 nitrogen and oxygen atoms in total. The Hall–Kier alpha value is -2.97. The molecule has 0 bridgehead atoms. The molecule has 2 heterocycles. The SMILES string of the molecule is CCCc1cc(=O)[nH]c(-n2nc(C)cc2NC(=O)CC(=O)OC)n1. The average molecular weight is 333 g/mol. The molecule has 0 aliphatic heterocycles. The smallest absolute Gasteiger partial charge is 0.315 e. The van der Waals surface area contributed by atoms with Crippen molar-refractivity contribution < 1.29 is 14.3 Å². The third kappa shape index (κ3) is 4.28. The minimum absolute atomic E-state index is 0.201. The van der Waals surface area contributed by atoms with Gasteiger partial charge in [-0.15, -0.1) is 0 Å². The van der Waals surface area contributed by atoms with Crippen molar-refractivity contribution in [1.82, 2.24) is 19.7 Å². The van der Waals surface area contributed by atoms with Gasteiger partial charge in [-0.3, -0.25) is 19.4 Å². The summed E-state index contributed by atoms with van der Waals surface area (Å²) in [5.41, 5.74) is 0.951. The summed E-state index contributed by atoms with van der Waals surface area (Å²) in [4.78, 5) is 41.8. The fourth-order valence-corrected chi connectivity index (χ4v) is 2.12. The highest BCUT2D eigenvalue weighted by molar-refractivity contribution is 6.01. The van der Waals surface area contributed by atoms with Crippen molar-refractivity contribution >= 4 is 17.7 Å². The van der Waals surface area contributed by atoms with Gasteiger partial charge in [0.2, 0.25) is 11.9 Å². The van der Waals surface area contributed by atoms with Crippen LogP contribution in [0, 0.1) is 6.92 Å². The highest BCUT2D eigenvalue weighted by Gasteiger charge is 2.15. The maximum atomic E-state index is 11.9. The Morgan fingerprint density at radius 2 is 2.12 bits per heavy atom. The first-order valence-corrected chi connectivity index (χ1v) is 7.47. The highest BCUT2D eigenvalue weighted by atomic mass is 16.5. The second kappa shape index (κ2) is 7.53. The van der Waals surface area contributed by atoms with Gasteiger partial charge in [0, 0.05) is 17.8 Å². The zero-order valence-corrected chi connectivity index (χ0v) is 13.8. The number of anilines is 1. The van der Waals surface area contributed by atoms with Gasteiger partial charge in [-0.25, -0.2) is 4.98 Å². The van der Waals surface area contributed by atoms with Gasteiger partial charge < -0.3 is 10.1 Å². The molecule has 2 rings (SSSR count). The molecule has 9 heteroatoms. The molecule has 0 aliphatic rings. The van der Waals surface area contributed by atoms with Crippen molar-refractivity contribution in [3.05, 3.63) is 33.9 Å². The lowest BCUT2D eigenvalue weighted by Gasteiger charge is -2.08. The second-order valence-electron chi connectivity index (χ2n) is 5.19. The topological polar surface area (TPSA) is 119 Å². The maximum Gasteiger partial charge on any atom is 0.315 e. The monoisotopic (exact) mass is 333 g/mol. The summed E-state index contributed by atoms with van der Waals surface area (Å²) in [6.07, 6.45) is 1.08. The van der Waals surface area contributed by atoms with Crippen LogP contribution in [-0.4, -0.2) is 38.7 Å². The van der Waals surface area contributed by atoms with Crippen LogP contribution in [0.25, 0.3) is 5.95 Å². The summed E-state index contributed by atoms with van der Waals surface area (Å²) in [6.45, 7) is 3.72. The first-order chi connectivity index (χ1) is 11.4. The van der Waals surface area contributed by atoms with Crippen LogP contribution in [0.1, 0.15) is 31.2 Å². The van der Waals surface area contributed by atoms with Gasteiger partial charge in [-0.05, 0) is 13.3 Å². The first kappa shape index (κ1) is 17.4. The molecular formula is C15H19N5O4. The van der Waals surface area contributed by atoms with Crippen LogP contribution >= 0.6 is 0 Å². The number of H-pyrrole nitrogens is 1. The Bertz CT molecular complexity index is 808. The third-order valence-electron chi connectivity index (χ3n) is 3.12. The molecular weight excluding hydrogens is 314 g/mol. The largest absolute Gasteiger partial charge is 0.469 e. The maximum absolute atomic E-state index is 11.9. The number of aryl methyl sites for hydroxylation is 2. The zero-order valence-electron chi connectivity index (χ0n) is 13.8. The minimum Gasteiger partial charge on any atom is -0.469 e. The molecule has 2 N–H and O–H groups in total. The quantitative estimate of drug-likeness (QED) is 0.594. The number of hydrogen-bond acceptors (Lipinski definition) is 6. The molecule has 0 radical (unpaired) electrons. The number of rotatable bonds is 6. The van der Waals surface area contributed by atoms with E-state index in [9.17, 15) is 14.4 Å². The first-order valence-electron chi connectivity index (χ1n) is 7.47. The molecule has 0 saturated heterocycles. The molecule has 0 atom stereocenters. The predicted molar refractivity (Wildman–Crippen MR) is 86.0 cm³/mol. The zero-order chi connectivity index (χ0) is 17.7. The molecule has 0 aliphatic carbocycles. The Morgan fingerprint density at radius 3 is 2.79 bits per heavy atom. The molecule has 0 aromatic carbocycles. The second-order valence-corrected chi connectivity index (χ2v) is 5.19. The van der Waals surface area contributed by atoms with E-state index in [0.29, 0.717) is 23.6 Å². The van der Waals surface area contributed by atoms with Crippen LogP contribution in [0.3, 0.4) is 0 Å². The van der Waals surface area contributed by atoms with Crippen LogP contribution in [0.15, 0.2) is 16.9 Å². The Kier molecular flexibility index (Phi) is 5.46. The van der Waals surface area contributed by atoms with Crippen LogP contribution in [0.4, 0.5) is 5.82 Å². The van der Waals surface area contributed by atoms with Gasteiger partial charge in [-0.1, -0.05) is 13.3 Å². The Morgan fingerprint density at radius 1 is 1.38 bits per heavy atom. The summed E-state index contributed by atoms with van der Waals surface area (Å²) >= 11 is 0. The van der Waals surface area contributed by atoms with Gasteiger partial charge in [0.25, 0.3) is 5.56 Å². The molecule has 2 aromatic rings. The fourth-order valence-electron chi connectivity index (χ4n) is 2.12. The van der Waals surface area contributed by atoms with E-state index in [4.69, 9.17) is 0 Å². The Labute approximate surface area is 138 Å². The van der Waals surface area contributed by atoms with E-state index in [-0.39, 0.29) is 11.5 Å². The molecule has 24 heavy (non-hydrogen) atoms. The van der Waals surface area contributed by atoms with E-state index in [1.165, 1.54) is 17.9 Å². The third-order valence-corrected chi connectivity index (χ3v) is 3.12. The summed E-state index contributed by atoms with van der Waals surface area (Å²) in [5.74, 6) is -0.688. The number of nitrogens with one attached hydrogen (secondary N) is 2. The summed E-state index contributed by atoms with van der Waals surface area (Å²) in [5, 5.41) is 6.79. The van der Waals surface area contributed by atoms with E-state index in [2.05, 4.69) is 25.1 Å². The van der Waals surface area contributed by atoms with Crippen LogP contribution in [0.5, 0.6) is 0 Å². The number of aromatic amines is 1. The normalized spacial score (nSPS) is 10.5. The molecule has 0 saturated carbocycles. The van der Waals surface area contributed by atoms with Crippen LogP contribution in [-0.2, 0) is 20.7 Å². The number of aromatic nitrogens is 4. The number of esters is 1. The average Bonchev–Trinajstić information content (AvgIpc) is 2.87. The van der Waals surface area contributed by atoms with Crippen LogP contribution in [0.2, 0.25) is 0 Å². The highest BCUT2D eigenvalue weighted by Crippen LogP contribution is 2.14. The van der Waals surface area contributed by atoms with Crippen molar-refractivity contribution in [3.63, 3.8) is 0 Å². The number of nitrogens with zero attached hydrogens (tertiary/aromatic N) is 3. The number of carbonyl (C=O) groups excluding carboxylic acids is 2. The van der Waals surface area contributed by atoms with Gasteiger partial charge in [0.15, 0.2) is 0 Å². The standard InChI is InChI=1S/C15H19N5O4/c1-4-5-10-7-12(21)18-15(16-10)20-11(6-9(2)19-20)17-13(22)8-14(23)24-3/h6-7H,4-5,8H2,1-3H3,(H,17,22)(H,16,18,21). The fraction of sp³-hybridized carbons (Fsp3) is 0.400. The van der Waals surface area contributed by atoms with Crippen molar-refractivity contribution in [1.29, 1.82) is 0 Å². The minimum atomic E-state index is -0.647. The lowest BCUT2D eigenvalue weighted by Crippen LogP contribution is -2.21. The van der Waals surface area contributed by atoms with Gasteiger partial charge in [-0.2, -0.15) is 9.78 Å². The molecule has 128 valence electrons. The number of ether oxygens (including phenoxy) is 1. The summed E-state index contributed by atoms with van der Waals surface area (Å²) < 4.78 is 5.78. The van der Waals surface area contributed by atoms with Crippen molar-refractivity contribution in [2.75, 3.05) is 12.4 Å². The summed E-state index contributed by atoms with van der Waals surface area (Å²) in [6, 6.07) is 3.04. The van der Waals surface area contributed by atoms with Crippen molar-refractivity contribution in [2.45, 2.75) is 33.1 Å². The Balaban J connectivity index is 2.33. The molecule has 0 unspecified atom stereocenters. The van der Waals surface area contributed by atoms with Gasteiger partial charge in [0.1, 0.15) is 12.2 Å². The van der Waals surface area contributed by atoms with Crippen molar-refractivity contribution in [3.8, 4) is 5.95 Å². The van der Waals surface area contributed by atoms with Crippen molar-refractivity contribution in [2.24, 2.45) is 0 Å².